The summed E-state index contributed by atoms with van der Waals surface area (Å²) in [6.45, 7) is 0. The van der Waals surface area contributed by atoms with Crippen molar-refractivity contribution in [2.24, 2.45) is 0 Å². The lowest BCUT2D eigenvalue weighted by molar-refractivity contribution is 0.0875. The summed E-state index contributed by atoms with van der Waals surface area (Å²) in [5, 5.41) is 0. The summed E-state index contributed by atoms with van der Waals surface area (Å²) in [4.78, 5) is 13.9. The van der Waals surface area contributed by atoms with Gasteiger partial charge in [0.05, 0.1) is 12.8 Å². The van der Waals surface area contributed by atoms with E-state index in [9.17, 15) is 4.79 Å². The van der Waals surface area contributed by atoms with E-state index in [-0.39, 0.29) is 5.91 Å². The average Bonchev–Trinajstić information content (AvgIpc) is 2.73. The molecule has 0 radical (unpaired) electrons. The molecule has 1 aliphatic heterocycles. The van der Waals surface area contributed by atoms with Crippen molar-refractivity contribution in [2.75, 3.05) is 14.2 Å². The summed E-state index contributed by atoms with van der Waals surface area (Å²) in [5.41, 5.74) is 3.65. The predicted molar refractivity (Wildman–Crippen MR) is 79.4 cm³/mol. The van der Waals surface area contributed by atoms with Crippen LogP contribution in [0.5, 0.6) is 5.75 Å². The maximum absolute atomic E-state index is 12.2. The van der Waals surface area contributed by atoms with Gasteiger partial charge in [0.2, 0.25) is 0 Å². The van der Waals surface area contributed by atoms with E-state index in [2.05, 4.69) is 0 Å². The molecule has 1 heterocycles. The zero-order valence-corrected chi connectivity index (χ0v) is 11.5. The highest BCUT2D eigenvalue weighted by Crippen LogP contribution is 2.32. The molecule has 3 rings (SSSR count). The van der Waals surface area contributed by atoms with Crippen LogP contribution < -0.4 is 4.74 Å². The Morgan fingerprint density at radius 3 is 2.55 bits per heavy atom. The maximum atomic E-state index is 12.2. The quantitative estimate of drug-likeness (QED) is 0.834. The van der Waals surface area contributed by atoms with Crippen molar-refractivity contribution in [2.45, 2.75) is 0 Å². The second-order valence-corrected chi connectivity index (χ2v) is 4.72. The third-order valence-corrected chi connectivity index (χ3v) is 3.50. The molecule has 3 nitrogen and oxygen atoms in total. The number of hydrogen-bond acceptors (Lipinski definition) is 2. The lowest BCUT2D eigenvalue weighted by atomic mass is 10.1. The van der Waals surface area contributed by atoms with Crippen LogP contribution in [0.2, 0.25) is 0 Å². The van der Waals surface area contributed by atoms with E-state index >= 15 is 0 Å². The molecule has 0 bridgehead atoms. The Balaban J connectivity index is 2.09. The molecule has 0 atom stereocenters. The minimum Gasteiger partial charge on any atom is -0.497 e. The Morgan fingerprint density at radius 2 is 1.80 bits per heavy atom. The fraction of sp³-hybridized carbons (Fsp3) is 0.118. The minimum atomic E-state index is 0.0368. The van der Waals surface area contributed by atoms with E-state index < -0.39 is 0 Å². The zero-order valence-electron chi connectivity index (χ0n) is 11.5. The minimum absolute atomic E-state index is 0.0368. The normalized spacial score (nSPS) is 15.6. The highest BCUT2D eigenvalue weighted by molar-refractivity contribution is 6.11. The van der Waals surface area contributed by atoms with Crippen LogP contribution in [0.1, 0.15) is 21.5 Å². The Bertz CT molecular complexity index is 704. The average molecular weight is 265 g/mol. The number of hydrogen-bond donors (Lipinski definition) is 0. The van der Waals surface area contributed by atoms with Crippen molar-refractivity contribution in [3.8, 4) is 5.75 Å². The van der Waals surface area contributed by atoms with Gasteiger partial charge in [-0.1, -0.05) is 30.3 Å². The van der Waals surface area contributed by atoms with Gasteiger partial charge in [0, 0.05) is 18.2 Å². The van der Waals surface area contributed by atoms with Crippen LogP contribution in [0.3, 0.4) is 0 Å². The summed E-state index contributed by atoms with van der Waals surface area (Å²) in [5.74, 6) is 0.842. The third-order valence-electron chi connectivity index (χ3n) is 3.50. The van der Waals surface area contributed by atoms with Gasteiger partial charge >= 0.3 is 0 Å². The smallest absolute Gasteiger partial charge is 0.258 e. The molecule has 0 aliphatic carbocycles. The topological polar surface area (TPSA) is 29.5 Å². The molecule has 0 saturated carbocycles. The second kappa shape index (κ2) is 4.85. The van der Waals surface area contributed by atoms with E-state index in [0.29, 0.717) is 0 Å². The summed E-state index contributed by atoms with van der Waals surface area (Å²) in [6, 6.07) is 15.5. The van der Waals surface area contributed by atoms with Gasteiger partial charge in [0.15, 0.2) is 0 Å². The first kappa shape index (κ1) is 12.5. The summed E-state index contributed by atoms with van der Waals surface area (Å²) >= 11 is 0. The monoisotopic (exact) mass is 265 g/mol. The highest BCUT2D eigenvalue weighted by atomic mass is 16.5. The van der Waals surface area contributed by atoms with Crippen molar-refractivity contribution < 1.29 is 9.53 Å². The van der Waals surface area contributed by atoms with Gasteiger partial charge in [-0.05, 0) is 29.8 Å². The van der Waals surface area contributed by atoms with Crippen molar-refractivity contribution >= 4 is 17.7 Å². The summed E-state index contributed by atoms with van der Waals surface area (Å²) in [6.07, 6.45) is 2.01. The molecule has 3 heteroatoms. The van der Waals surface area contributed by atoms with Gasteiger partial charge in [-0.2, -0.15) is 0 Å². The molecule has 20 heavy (non-hydrogen) atoms. The first-order valence-electron chi connectivity index (χ1n) is 6.44. The number of nitrogens with zero attached hydrogens (tertiary/aromatic N) is 1. The Labute approximate surface area is 118 Å². The van der Waals surface area contributed by atoms with Gasteiger partial charge in [0.25, 0.3) is 5.91 Å². The summed E-state index contributed by atoms with van der Waals surface area (Å²) in [7, 11) is 3.45. The molecule has 0 N–H and O–H groups in total. The lowest BCUT2D eigenvalue weighted by Crippen LogP contribution is -2.16. The van der Waals surface area contributed by atoms with Crippen LogP contribution >= 0.6 is 0 Å². The van der Waals surface area contributed by atoms with Crippen LogP contribution in [-0.2, 0) is 0 Å². The van der Waals surface area contributed by atoms with Gasteiger partial charge in [-0.25, -0.2) is 0 Å². The molecular weight excluding hydrogens is 250 g/mol. The number of ether oxygens (including phenoxy) is 1. The van der Waals surface area contributed by atoms with Crippen molar-refractivity contribution in [3.63, 3.8) is 0 Å². The number of fused-ring (bicyclic) bond motifs is 1. The number of benzene rings is 2. The van der Waals surface area contributed by atoms with Crippen LogP contribution in [0.4, 0.5) is 0 Å². The predicted octanol–water partition coefficient (Wildman–Crippen LogP) is 3.28. The molecule has 2 aromatic rings. The van der Waals surface area contributed by atoms with Gasteiger partial charge in [-0.3, -0.25) is 4.79 Å². The van der Waals surface area contributed by atoms with E-state index in [1.54, 1.807) is 19.1 Å². The van der Waals surface area contributed by atoms with Gasteiger partial charge in [-0.15, -0.1) is 0 Å². The number of carbonyl (C=O) groups is 1. The molecule has 1 amide bonds. The van der Waals surface area contributed by atoms with E-state index in [0.717, 1.165) is 28.1 Å². The summed E-state index contributed by atoms with van der Waals surface area (Å²) < 4.78 is 5.23. The van der Waals surface area contributed by atoms with Gasteiger partial charge < -0.3 is 9.64 Å². The Hall–Kier alpha value is -2.55. The standard InChI is InChI=1S/C17H15NO2/c1-18-16(11-12-6-5-7-13(10-12)20-2)14-8-3-4-9-15(14)17(18)19/h3-11H,1-2H3/b16-11-. The molecule has 1 aliphatic rings. The van der Waals surface area contributed by atoms with E-state index in [4.69, 9.17) is 4.74 Å². The highest BCUT2D eigenvalue weighted by Gasteiger charge is 2.28. The van der Waals surface area contributed by atoms with Crippen LogP contribution in [0.15, 0.2) is 48.5 Å². The number of rotatable bonds is 2. The first-order chi connectivity index (χ1) is 9.70. The number of carbonyl (C=O) groups excluding carboxylic acids is 1. The fourth-order valence-electron chi connectivity index (χ4n) is 2.43. The van der Waals surface area contributed by atoms with Crippen LogP contribution in [0, 0.1) is 0 Å². The zero-order chi connectivity index (χ0) is 14.1. The molecule has 0 fully saturated rings. The molecule has 2 aromatic carbocycles. The fourth-order valence-corrected chi connectivity index (χ4v) is 2.43. The van der Waals surface area contributed by atoms with E-state index in [1.807, 2.05) is 54.6 Å². The lowest BCUT2D eigenvalue weighted by Gasteiger charge is -2.11. The van der Waals surface area contributed by atoms with Crippen molar-refractivity contribution in [1.29, 1.82) is 0 Å². The molecule has 0 unspecified atom stereocenters. The molecule has 0 aromatic heterocycles. The van der Waals surface area contributed by atoms with Crippen molar-refractivity contribution in [3.05, 3.63) is 65.2 Å². The van der Waals surface area contributed by atoms with Crippen LogP contribution in [0.25, 0.3) is 11.8 Å². The molecule has 0 saturated heterocycles. The second-order valence-electron chi connectivity index (χ2n) is 4.72. The first-order valence-corrected chi connectivity index (χ1v) is 6.44. The molecular formula is C17H15NO2. The van der Waals surface area contributed by atoms with Gasteiger partial charge in [0.1, 0.15) is 5.75 Å². The largest absolute Gasteiger partial charge is 0.497 e. The molecule has 100 valence electrons. The Morgan fingerprint density at radius 1 is 1.05 bits per heavy atom. The number of methoxy groups -OCH3 is 1. The molecule has 0 spiro atoms. The SMILES string of the molecule is COc1cccc(/C=C2/c3ccccc3C(=O)N2C)c1. The van der Waals surface area contributed by atoms with Crippen molar-refractivity contribution in [1.82, 2.24) is 4.90 Å². The van der Waals surface area contributed by atoms with E-state index in [1.165, 1.54) is 0 Å². The maximum Gasteiger partial charge on any atom is 0.258 e. The van der Waals surface area contributed by atoms with Crippen LogP contribution in [-0.4, -0.2) is 25.0 Å². The Kier molecular flexibility index (Phi) is 3.03. The third kappa shape index (κ3) is 1.97. The number of amides is 1.